The van der Waals surface area contributed by atoms with Gasteiger partial charge in [0.05, 0.1) is 0 Å². The van der Waals surface area contributed by atoms with E-state index in [1.54, 1.807) is 4.91 Å². The second-order valence-corrected chi connectivity index (χ2v) is 7.50. The minimum absolute atomic E-state index is 0.00242. The molecule has 0 N–H and O–H groups in total. The van der Waals surface area contributed by atoms with Crippen LogP contribution in [0.25, 0.3) is 0 Å². The molecule has 114 valence electrons. The lowest BCUT2D eigenvalue weighted by atomic mass is 10.2. The Morgan fingerprint density at radius 3 is 2.09 bits per heavy atom. The van der Waals surface area contributed by atoms with Crippen molar-refractivity contribution < 1.29 is 4.74 Å². The van der Waals surface area contributed by atoms with E-state index in [-0.39, 0.29) is 10.9 Å². The lowest BCUT2D eigenvalue weighted by molar-refractivity contribution is 0.453. The zero-order valence-corrected chi connectivity index (χ0v) is 14.2. The predicted molar refractivity (Wildman–Crippen MR) is 94.8 cm³/mol. The SMILES string of the molecule is CC/C=C(/CCCC)[S+]1c2ccccc2Oc2ccccc21. The van der Waals surface area contributed by atoms with Crippen LogP contribution in [-0.4, -0.2) is 0 Å². The number of fused-ring (bicyclic) bond motifs is 2. The molecule has 1 nitrogen and oxygen atoms in total. The van der Waals surface area contributed by atoms with E-state index in [4.69, 9.17) is 4.74 Å². The monoisotopic (exact) mass is 311 g/mol. The van der Waals surface area contributed by atoms with E-state index in [0.29, 0.717) is 0 Å². The highest BCUT2D eigenvalue weighted by Crippen LogP contribution is 2.47. The van der Waals surface area contributed by atoms with Crippen LogP contribution in [0, 0.1) is 0 Å². The van der Waals surface area contributed by atoms with E-state index >= 15 is 0 Å². The minimum Gasteiger partial charge on any atom is -0.447 e. The van der Waals surface area contributed by atoms with Crippen LogP contribution in [0.15, 0.2) is 69.3 Å². The molecule has 0 radical (unpaired) electrons. The lowest BCUT2D eigenvalue weighted by Gasteiger charge is -2.21. The van der Waals surface area contributed by atoms with Crippen molar-refractivity contribution in [3.63, 3.8) is 0 Å². The molecule has 22 heavy (non-hydrogen) atoms. The van der Waals surface area contributed by atoms with E-state index in [1.807, 2.05) is 0 Å². The Bertz CT molecular complexity index is 629. The molecule has 0 aromatic heterocycles. The summed E-state index contributed by atoms with van der Waals surface area (Å²) in [6.45, 7) is 4.49. The summed E-state index contributed by atoms with van der Waals surface area (Å²) >= 11 is 0. The number of hydrogen-bond acceptors (Lipinski definition) is 1. The zero-order chi connectivity index (χ0) is 15.4. The molecule has 0 atom stereocenters. The first-order valence-electron chi connectivity index (χ1n) is 8.14. The predicted octanol–water partition coefficient (Wildman–Crippen LogP) is 6.31. The maximum atomic E-state index is 6.12. The molecule has 2 heteroatoms. The maximum Gasteiger partial charge on any atom is 0.208 e. The summed E-state index contributed by atoms with van der Waals surface area (Å²) in [5, 5.41) is 0. The van der Waals surface area contributed by atoms with Gasteiger partial charge in [0.1, 0.15) is 15.8 Å². The van der Waals surface area contributed by atoms with Gasteiger partial charge in [0.25, 0.3) is 0 Å². The van der Waals surface area contributed by atoms with Gasteiger partial charge >= 0.3 is 0 Å². The summed E-state index contributed by atoms with van der Waals surface area (Å²) in [7, 11) is 0.00242. The summed E-state index contributed by atoms with van der Waals surface area (Å²) in [5.74, 6) is 2.03. The first-order chi connectivity index (χ1) is 10.8. The third kappa shape index (κ3) is 2.93. The van der Waals surface area contributed by atoms with Crippen molar-refractivity contribution in [3.05, 3.63) is 59.5 Å². The average Bonchev–Trinajstić information content (AvgIpc) is 2.56. The van der Waals surface area contributed by atoms with Crippen molar-refractivity contribution in [1.29, 1.82) is 0 Å². The van der Waals surface area contributed by atoms with E-state index in [0.717, 1.165) is 17.9 Å². The molecule has 0 amide bonds. The highest BCUT2D eigenvalue weighted by atomic mass is 32.2. The molecule has 0 bridgehead atoms. The Morgan fingerprint density at radius 2 is 1.55 bits per heavy atom. The van der Waals surface area contributed by atoms with Crippen molar-refractivity contribution in [1.82, 2.24) is 0 Å². The number of ether oxygens (including phenoxy) is 1. The normalized spacial score (nSPS) is 14.2. The fourth-order valence-electron chi connectivity index (χ4n) is 2.79. The van der Waals surface area contributed by atoms with Crippen LogP contribution in [0.4, 0.5) is 0 Å². The Labute approximate surface area is 136 Å². The van der Waals surface area contributed by atoms with Gasteiger partial charge in [-0.2, -0.15) is 0 Å². The molecule has 1 aliphatic heterocycles. The number of allylic oxidation sites excluding steroid dienone is 2. The highest BCUT2D eigenvalue weighted by molar-refractivity contribution is 8.00. The molecule has 1 aliphatic rings. The van der Waals surface area contributed by atoms with Gasteiger partial charge in [-0.15, -0.1) is 0 Å². The second kappa shape index (κ2) is 7.06. The molecular formula is C20H23OS+. The van der Waals surface area contributed by atoms with Crippen molar-refractivity contribution in [2.75, 3.05) is 0 Å². The average molecular weight is 311 g/mol. The van der Waals surface area contributed by atoms with Crippen LogP contribution in [0.2, 0.25) is 0 Å². The quantitative estimate of drug-likeness (QED) is 0.588. The topological polar surface area (TPSA) is 9.23 Å². The van der Waals surface area contributed by atoms with Gasteiger partial charge in [0, 0.05) is 6.42 Å². The number of para-hydroxylation sites is 2. The minimum atomic E-state index is 0.00242. The van der Waals surface area contributed by atoms with Crippen molar-refractivity contribution >= 4 is 10.9 Å². The van der Waals surface area contributed by atoms with Gasteiger partial charge in [0.15, 0.2) is 11.5 Å². The Hall–Kier alpha value is -1.67. The molecule has 0 unspecified atom stereocenters. The summed E-state index contributed by atoms with van der Waals surface area (Å²) in [5.41, 5.74) is 0. The molecule has 0 aliphatic carbocycles. The number of rotatable bonds is 5. The van der Waals surface area contributed by atoms with Crippen molar-refractivity contribution in [2.45, 2.75) is 49.3 Å². The molecule has 0 saturated carbocycles. The summed E-state index contributed by atoms with van der Waals surface area (Å²) < 4.78 is 6.12. The molecule has 1 heterocycles. The second-order valence-electron chi connectivity index (χ2n) is 5.48. The molecular weight excluding hydrogens is 288 g/mol. The zero-order valence-electron chi connectivity index (χ0n) is 13.3. The van der Waals surface area contributed by atoms with Crippen molar-refractivity contribution in [2.24, 2.45) is 0 Å². The van der Waals surface area contributed by atoms with Crippen molar-refractivity contribution in [3.8, 4) is 11.5 Å². The van der Waals surface area contributed by atoms with E-state index in [9.17, 15) is 0 Å². The van der Waals surface area contributed by atoms with Gasteiger partial charge in [-0.3, -0.25) is 0 Å². The van der Waals surface area contributed by atoms with Gasteiger partial charge in [0.2, 0.25) is 9.79 Å². The third-order valence-corrected chi connectivity index (χ3v) is 6.28. The first-order valence-corrected chi connectivity index (χ1v) is 9.36. The fraction of sp³-hybridized carbons (Fsp3) is 0.300. The maximum absolute atomic E-state index is 6.12. The summed E-state index contributed by atoms with van der Waals surface area (Å²) in [6.07, 6.45) is 7.18. The molecule has 2 aromatic carbocycles. The molecule has 0 fully saturated rings. The van der Waals surface area contributed by atoms with Crippen LogP contribution in [0.3, 0.4) is 0 Å². The standard InChI is InChI=1S/C20H23OS/c1-3-5-11-16(10-4-2)22-19-14-8-6-12-17(19)21-18-13-7-9-15-20(18)22/h6-10,12-15H,3-5,11H2,1-2H3/q+1/b16-10-. The Balaban J connectivity index is 2.10. The number of unbranched alkanes of at least 4 members (excludes halogenated alkanes) is 1. The van der Waals surface area contributed by atoms with Gasteiger partial charge in [-0.1, -0.05) is 44.5 Å². The first kappa shape index (κ1) is 15.2. The van der Waals surface area contributed by atoms with E-state index < -0.39 is 0 Å². The van der Waals surface area contributed by atoms with Crippen LogP contribution in [-0.2, 0) is 10.9 Å². The molecule has 2 aromatic rings. The van der Waals surface area contributed by atoms with E-state index in [1.165, 1.54) is 29.1 Å². The lowest BCUT2D eigenvalue weighted by Crippen LogP contribution is -2.14. The van der Waals surface area contributed by atoms with Gasteiger partial charge in [-0.05, 0) is 43.2 Å². The summed E-state index contributed by atoms with van der Waals surface area (Å²) in [4.78, 5) is 4.22. The highest BCUT2D eigenvalue weighted by Gasteiger charge is 2.39. The third-order valence-electron chi connectivity index (χ3n) is 3.83. The van der Waals surface area contributed by atoms with Crippen LogP contribution in [0.5, 0.6) is 11.5 Å². The Morgan fingerprint density at radius 1 is 0.955 bits per heavy atom. The van der Waals surface area contributed by atoms with Crippen LogP contribution < -0.4 is 4.74 Å². The molecule has 0 saturated heterocycles. The van der Waals surface area contributed by atoms with Crippen LogP contribution in [0.1, 0.15) is 39.5 Å². The molecule has 0 spiro atoms. The van der Waals surface area contributed by atoms with Crippen LogP contribution >= 0.6 is 0 Å². The fourth-order valence-corrected chi connectivity index (χ4v) is 5.33. The Kier molecular flexibility index (Phi) is 4.89. The molecule has 3 rings (SSSR count). The number of benzene rings is 2. The summed E-state index contributed by atoms with van der Waals surface area (Å²) in [6, 6.07) is 17.0. The smallest absolute Gasteiger partial charge is 0.208 e. The number of hydrogen-bond donors (Lipinski definition) is 0. The van der Waals surface area contributed by atoms with E-state index in [2.05, 4.69) is 68.5 Å². The van der Waals surface area contributed by atoms with Gasteiger partial charge < -0.3 is 4.74 Å². The van der Waals surface area contributed by atoms with Gasteiger partial charge in [-0.25, -0.2) is 0 Å². The largest absolute Gasteiger partial charge is 0.447 e.